The normalized spacial score (nSPS) is 28.4. The molecule has 0 saturated heterocycles. The smallest absolute Gasteiger partial charge is 0.131 e. The molecule has 12 rings (SSSR count). The Kier molecular flexibility index (Phi) is 6.14. The molecule has 52 heavy (non-hydrogen) atoms. The van der Waals surface area contributed by atoms with Gasteiger partial charge in [0.2, 0.25) is 0 Å². The second-order valence-corrected chi connectivity index (χ2v) is 19.2. The highest BCUT2D eigenvalue weighted by Crippen LogP contribution is 2.72. The van der Waals surface area contributed by atoms with Gasteiger partial charge in [-0.25, -0.2) is 0 Å². The minimum absolute atomic E-state index is 0.0163. The minimum Gasteiger partial charge on any atom is -0.457 e. The quantitative estimate of drug-likeness (QED) is 0.188. The molecule has 4 bridgehead atoms. The first-order valence-corrected chi connectivity index (χ1v) is 20.1. The van der Waals surface area contributed by atoms with Gasteiger partial charge in [-0.15, -0.1) is 0 Å². The predicted octanol–water partition coefficient (Wildman–Crippen LogP) is 13.3. The largest absolute Gasteiger partial charge is 0.457 e. The van der Waals surface area contributed by atoms with Crippen LogP contribution in [0.4, 0.5) is 17.1 Å². The number of nitrogens with zero attached hydrogens (tertiary/aromatic N) is 1. The fraction of sp³-hybridized carbons (Fsp3) is 0.400. The molecule has 6 aliphatic carbocycles. The van der Waals surface area contributed by atoms with Crippen LogP contribution in [-0.2, 0) is 21.7 Å². The number of hydrogen-bond acceptors (Lipinski definition) is 2. The van der Waals surface area contributed by atoms with Crippen LogP contribution in [0.1, 0.15) is 113 Å². The van der Waals surface area contributed by atoms with E-state index in [9.17, 15) is 0 Å². The third-order valence-electron chi connectivity index (χ3n) is 15.3. The van der Waals surface area contributed by atoms with E-state index >= 15 is 0 Å². The van der Waals surface area contributed by atoms with Gasteiger partial charge in [0.25, 0.3) is 0 Å². The summed E-state index contributed by atoms with van der Waals surface area (Å²) in [6, 6.07) is 39.8. The molecule has 0 radical (unpaired) electrons. The van der Waals surface area contributed by atoms with E-state index in [0.29, 0.717) is 11.8 Å². The summed E-state index contributed by atoms with van der Waals surface area (Å²) < 4.78 is 6.88. The second kappa shape index (κ2) is 10.2. The average molecular weight is 682 g/mol. The molecule has 7 aliphatic rings. The van der Waals surface area contributed by atoms with Gasteiger partial charge in [-0.1, -0.05) is 102 Å². The first kappa shape index (κ1) is 31.2. The lowest BCUT2D eigenvalue weighted by Gasteiger charge is -2.49. The summed E-state index contributed by atoms with van der Waals surface area (Å²) in [6.07, 6.45) is 7.86. The summed E-state index contributed by atoms with van der Waals surface area (Å²) in [5, 5.41) is 0. The van der Waals surface area contributed by atoms with Gasteiger partial charge in [-0.2, -0.15) is 0 Å². The van der Waals surface area contributed by atoms with Crippen LogP contribution >= 0.6 is 0 Å². The van der Waals surface area contributed by atoms with Crippen molar-refractivity contribution in [2.24, 2.45) is 23.7 Å². The van der Waals surface area contributed by atoms with Crippen molar-refractivity contribution < 1.29 is 4.74 Å². The molecule has 2 nitrogen and oxygen atoms in total. The van der Waals surface area contributed by atoms with Crippen LogP contribution in [0, 0.1) is 23.7 Å². The molecular weight excluding hydrogens is 631 g/mol. The highest BCUT2D eigenvalue weighted by molar-refractivity contribution is 5.87. The Labute approximate surface area is 310 Å². The number of rotatable bonds is 3. The van der Waals surface area contributed by atoms with Gasteiger partial charge in [0.1, 0.15) is 11.5 Å². The molecule has 1 aliphatic heterocycles. The molecule has 5 aromatic carbocycles. The van der Waals surface area contributed by atoms with Gasteiger partial charge in [0.15, 0.2) is 0 Å². The lowest BCUT2D eigenvalue weighted by molar-refractivity contribution is 0.173. The highest BCUT2D eigenvalue weighted by Gasteiger charge is 2.65. The van der Waals surface area contributed by atoms with Crippen LogP contribution in [0.2, 0.25) is 0 Å². The molecule has 0 amide bonds. The number of anilines is 3. The average Bonchev–Trinajstić information content (AvgIpc) is 3.65. The molecule has 5 atom stereocenters. The molecule has 5 unspecified atom stereocenters. The first-order chi connectivity index (χ1) is 25.0. The van der Waals surface area contributed by atoms with E-state index in [4.69, 9.17) is 4.74 Å². The Morgan fingerprint density at radius 3 is 2.06 bits per heavy atom. The fourth-order valence-electron chi connectivity index (χ4n) is 13.0. The Bertz CT molecular complexity index is 2320. The Morgan fingerprint density at radius 1 is 0.558 bits per heavy atom. The topological polar surface area (TPSA) is 12.5 Å². The van der Waals surface area contributed by atoms with Gasteiger partial charge < -0.3 is 9.64 Å². The van der Waals surface area contributed by atoms with Crippen molar-refractivity contribution in [1.82, 2.24) is 0 Å². The molecule has 4 saturated carbocycles. The standard InChI is InChI=1S/C50H51NO/c1-47(2)22-23-48(3,4)46-39(47)15-11-16-43(46)51(33-18-20-36-35-12-7-8-13-37(35)49(5,6)41(36)28-33)34-19-21-45-42(29-34)50(38-14-9-10-17-44(38)52-45)32-25-30-24-31(27-32)40(50)26-30/h7-21,28-32,40H,22-27H2,1-6H3. The third kappa shape index (κ3) is 3.92. The number of hydrogen-bond donors (Lipinski definition) is 0. The third-order valence-corrected chi connectivity index (χ3v) is 15.3. The SMILES string of the molecule is CC1(C)CCC(C)(C)c2c(N(c3ccc4c(c3)C(C)(C)c3ccccc3-4)c3ccc4c(c3)C3(c5ccccc5O4)C4CC5CC(C4)C3C5)cccc21. The monoisotopic (exact) mass is 681 g/mol. The molecule has 2 heteroatoms. The van der Waals surface area contributed by atoms with E-state index in [1.54, 1.807) is 0 Å². The maximum absolute atomic E-state index is 6.88. The fourth-order valence-corrected chi connectivity index (χ4v) is 13.0. The van der Waals surface area contributed by atoms with Crippen LogP contribution in [0.25, 0.3) is 11.1 Å². The van der Waals surface area contributed by atoms with Gasteiger partial charge in [-0.05, 0) is 149 Å². The van der Waals surface area contributed by atoms with Crippen molar-refractivity contribution in [2.75, 3.05) is 4.90 Å². The zero-order valence-corrected chi connectivity index (χ0v) is 31.7. The van der Waals surface area contributed by atoms with Gasteiger partial charge >= 0.3 is 0 Å². The minimum atomic E-state index is -0.0788. The zero-order valence-electron chi connectivity index (χ0n) is 31.7. The summed E-state index contributed by atoms with van der Waals surface area (Å²) in [7, 11) is 0. The van der Waals surface area contributed by atoms with Gasteiger partial charge in [0.05, 0.1) is 5.69 Å². The van der Waals surface area contributed by atoms with Crippen molar-refractivity contribution in [3.63, 3.8) is 0 Å². The second-order valence-electron chi connectivity index (χ2n) is 19.2. The molecule has 262 valence electrons. The van der Waals surface area contributed by atoms with Gasteiger partial charge in [-0.3, -0.25) is 0 Å². The molecule has 5 aromatic rings. The Hall–Kier alpha value is -4.30. The molecule has 1 spiro atoms. The maximum atomic E-state index is 6.88. The van der Waals surface area contributed by atoms with Crippen molar-refractivity contribution in [3.8, 4) is 22.6 Å². The van der Waals surface area contributed by atoms with Crippen LogP contribution in [0.3, 0.4) is 0 Å². The molecule has 0 aromatic heterocycles. The number of benzene rings is 5. The van der Waals surface area contributed by atoms with E-state index in [-0.39, 0.29) is 21.7 Å². The van der Waals surface area contributed by atoms with E-state index < -0.39 is 0 Å². The Morgan fingerprint density at radius 2 is 1.23 bits per heavy atom. The van der Waals surface area contributed by atoms with Crippen molar-refractivity contribution in [2.45, 2.75) is 102 Å². The van der Waals surface area contributed by atoms with E-state index in [1.807, 2.05) is 0 Å². The maximum Gasteiger partial charge on any atom is 0.131 e. The van der Waals surface area contributed by atoms with Crippen LogP contribution in [-0.4, -0.2) is 0 Å². The molecule has 0 N–H and O–H groups in total. The van der Waals surface area contributed by atoms with Crippen LogP contribution in [0.15, 0.2) is 103 Å². The lowest BCUT2D eigenvalue weighted by atomic mass is 9.56. The predicted molar refractivity (Wildman–Crippen MR) is 214 cm³/mol. The van der Waals surface area contributed by atoms with E-state index in [0.717, 1.165) is 23.3 Å². The van der Waals surface area contributed by atoms with Crippen molar-refractivity contribution in [3.05, 3.63) is 137 Å². The molecular formula is C50H51NO. The van der Waals surface area contributed by atoms with E-state index in [2.05, 4.69) is 150 Å². The van der Waals surface area contributed by atoms with Crippen LogP contribution in [0.5, 0.6) is 11.5 Å². The number of ether oxygens (including phenoxy) is 1. The summed E-state index contributed by atoms with van der Waals surface area (Å²) in [5.41, 5.74) is 15.4. The first-order valence-electron chi connectivity index (χ1n) is 20.1. The summed E-state index contributed by atoms with van der Waals surface area (Å²) in [4.78, 5) is 2.64. The van der Waals surface area contributed by atoms with E-state index in [1.165, 1.54) is 100 Å². The Balaban J connectivity index is 1.17. The van der Waals surface area contributed by atoms with Crippen molar-refractivity contribution in [1.29, 1.82) is 0 Å². The number of fused-ring (bicyclic) bond motifs is 6. The van der Waals surface area contributed by atoms with Gasteiger partial charge in [0, 0.05) is 33.3 Å². The number of para-hydroxylation sites is 1. The molecule has 1 heterocycles. The van der Waals surface area contributed by atoms with Crippen LogP contribution < -0.4 is 9.64 Å². The summed E-state index contributed by atoms with van der Waals surface area (Å²) >= 11 is 0. The summed E-state index contributed by atoms with van der Waals surface area (Å²) in [5.74, 6) is 5.24. The summed E-state index contributed by atoms with van der Waals surface area (Å²) in [6.45, 7) is 14.7. The molecule has 4 fully saturated rings. The highest BCUT2D eigenvalue weighted by atomic mass is 16.5. The van der Waals surface area contributed by atoms with Crippen molar-refractivity contribution >= 4 is 17.1 Å². The lowest BCUT2D eigenvalue weighted by Crippen LogP contribution is -2.44. The zero-order chi connectivity index (χ0) is 35.4.